The van der Waals surface area contributed by atoms with Crippen molar-refractivity contribution >= 4 is 5.78 Å². The van der Waals surface area contributed by atoms with Gasteiger partial charge in [0.2, 0.25) is 0 Å². The van der Waals surface area contributed by atoms with Crippen LogP contribution in [0.3, 0.4) is 0 Å². The topological polar surface area (TPSA) is 137 Å². The number of carbonyl (C=O) groups is 1. The maximum atomic E-state index is 12.9. The lowest BCUT2D eigenvalue weighted by Crippen LogP contribution is -2.59. The number of aliphatic hydroxyl groups excluding tert-OH is 5. The van der Waals surface area contributed by atoms with E-state index in [1.165, 1.54) is 0 Å². The Morgan fingerprint density at radius 3 is 2.39 bits per heavy atom. The summed E-state index contributed by atoms with van der Waals surface area (Å²) in [6.07, 6.45) is -7.18. The highest BCUT2D eigenvalue weighted by atomic mass is 16.7. The van der Waals surface area contributed by atoms with Gasteiger partial charge in [-0.05, 0) is 42.5 Å². The third kappa shape index (κ3) is 3.39. The van der Waals surface area contributed by atoms with Crippen LogP contribution in [0, 0.1) is 19.8 Å². The summed E-state index contributed by atoms with van der Waals surface area (Å²) in [5, 5.41) is 48.8. The standard InChI is InChI=1S/C20H28O8/c1-8-6-12-14(9(2)11(8)4-5-21)15(23)10(3)19(12)28-20-18(26)17(25)16(24)13(7-22)27-20/h6,10,13,16-22,24-26H,4-5,7H2,1-3H3/t10-,13-,16-,17+,18-,19-,20+/m1/s1. The number of aliphatic hydroxyl groups is 5. The van der Waals surface area contributed by atoms with E-state index >= 15 is 0 Å². The minimum Gasteiger partial charge on any atom is -0.396 e. The average Bonchev–Trinajstić information content (AvgIpc) is 2.89. The van der Waals surface area contributed by atoms with Crippen molar-refractivity contribution in [1.82, 2.24) is 0 Å². The summed E-state index contributed by atoms with van der Waals surface area (Å²) in [5.41, 5.74) is 3.88. The van der Waals surface area contributed by atoms with Crippen LogP contribution in [0.5, 0.6) is 0 Å². The fraction of sp³-hybridized carbons (Fsp3) is 0.650. The van der Waals surface area contributed by atoms with Gasteiger partial charge < -0.3 is 35.0 Å². The number of ketones is 1. The van der Waals surface area contributed by atoms with Gasteiger partial charge in [0.15, 0.2) is 12.1 Å². The Morgan fingerprint density at radius 2 is 1.79 bits per heavy atom. The summed E-state index contributed by atoms with van der Waals surface area (Å²) >= 11 is 0. The zero-order valence-electron chi connectivity index (χ0n) is 16.2. The molecule has 1 heterocycles. The Morgan fingerprint density at radius 1 is 1.11 bits per heavy atom. The number of Topliss-reactive ketones (excluding diaryl/α,β-unsaturated/α-hetero) is 1. The van der Waals surface area contributed by atoms with Gasteiger partial charge in [0.1, 0.15) is 24.4 Å². The van der Waals surface area contributed by atoms with Crippen molar-refractivity contribution in [3.63, 3.8) is 0 Å². The molecule has 0 unspecified atom stereocenters. The Hall–Kier alpha value is -1.39. The smallest absolute Gasteiger partial charge is 0.187 e. The molecule has 1 aromatic carbocycles. The minimum atomic E-state index is -1.54. The maximum Gasteiger partial charge on any atom is 0.187 e. The summed E-state index contributed by atoms with van der Waals surface area (Å²) in [6, 6.07) is 1.85. The highest BCUT2D eigenvalue weighted by Gasteiger charge is 2.48. The van der Waals surface area contributed by atoms with E-state index in [-0.39, 0.29) is 12.4 Å². The van der Waals surface area contributed by atoms with E-state index in [2.05, 4.69) is 0 Å². The fourth-order valence-electron chi connectivity index (χ4n) is 4.25. The van der Waals surface area contributed by atoms with Gasteiger partial charge in [0.05, 0.1) is 18.6 Å². The normalized spacial score (nSPS) is 35.3. The zero-order valence-corrected chi connectivity index (χ0v) is 16.2. The van der Waals surface area contributed by atoms with Crippen molar-refractivity contribution < 1.29 is 39.8 Å². The molecule has 5 N–H and O–H groups in total. The molecule has 1 fully saturated rings. The second-order valence-corrected chi connectivity index (χ2v) is 7.64. The molecule has 0 saturated carbocycles. The van der Waals surface area contributed by atoms with E-state index in [1.807, 2.05) is 19.9 Å². The van der Waals surface area contributed by atoms with Crippen LogP contribution >= 0.6 is 0 Å². The Balaban J connectivity index is 1.94. The van der Waals surface area contributed by atoms with Gasteiger partial charge in [0, 0.05) is 12.2 Å². The van der Waals surface area contributed by atoms with Crippen molar-refractivity contribution in [2.45, 2.75) is 64.0 Å². The van der Waals surface area contributed by atoms with Crippen molar-refractivity contribution in [2.24, 2.45) is 5.92 Å². The Kier molecular flexibility index (Phi) is 6.21. The van der Waals surface area contributed by atoms with Gasteiger partial charge in [-0.25, -0.2) is 0 Å². The minimum absolute atomic E-state index is 0.0188. The maximum absolute atomic E-state index is 12.9. The van der Waals surface area contributed by atoms with Gasteiger partial charge in [0.25, 0.3) is 0 Å². The first kappa shape index (κ1) is 21.3. The van der Waals surface area contributed by atoms with Gasteiger partial charge >= 0.3 is 0 Å². The number of aryl methyl sites for hydroxylation is 1. The number of benzene rings is 1. The van der Waals surface area contributed by atoms with Gasteiger partial charge in [-0.3, -0.25) is 4.79 Å². The second kappa shape index (κ2) is 8.16. The van der Waals surface area contributed by atoms with Crippen LogP contribution in [0.25, 0.3) is 0 Å². The molecule has 1 saturated heterocycles. The van der Waals surface area contributed by atoms with Crippen molar-refractivity contribution in [1.29, 1.82) is 0 Å². The first-order valence-electron chi connectivity index (χ1n) is 9.46. The monoisotopic (exact) mass is 396 g/mol. The van der Waals surface area contributed by atoms with Crippen LogP contribution < -0.4 is 0 Å². The second-order valence-electron chi connectivity index (χ2n) is 7.64. The molecule has 0 amide bonds. The number of fused-ring (bicyclic) bond motifs is 1. The first-order valence-corrected chi connectivity index (χ1v) is 9.46. The third-order valence-corrected chi connectivity index (χ3v) is 5.88. The van der Waals surface area contributed by atoms with Crippen LogP contribution in [0.15, 0.2) is 6.07 Å². The molecule has 8 nitrogen and oxygen atoms in total. The van der Waals surface area contributed by atoms with Crippen LogP contribution in [-0.4, -0.2) is 75.2 Å². The lowest BCUT2D eigenvalue weighted by molar-refractivity contribution is -0.314. The number of carbonyl (C=O) groups excluding carboxylic acids is 1. The highest BCUT2D eigenvalue weighted by Crippen LogP contribution is 2.43. The molecular weight excluding hydrogens is 368 g/mol. The lowest BCUT2D eigenvalue weighted by Gasteiger charge is -2.41. The number of rotatable bonds is 5. The molecule has 156 valence electrons. The largest absolute Gasteiger partial charge is 0.396 e. The average molecular weight is 396 g/mol. The predicted molar refractivity (Wildman–Crippen MR) is 97.8 cm³/mol. The van der Waals surface area contributed by atoms with Crippen LogP contribution in [-0.2, 0) is 15.9 Å². The van der Waals surface area contributed by atoms with E-state index < -0.39 is 49.3 Å². The number of hydrogen-bond acceptors (Lipinski definition) is 8. The molecular formula is C20H28O8. The van der Waals surface area contributed by atoms with E-state index in [9.17, 15) is 30.3 Å². The van der Waals surface area contributed by atoms with Gasteiger partial charge in [-0.1, -0.05) is 13.0 Å². The molecule has 1 aliphatic carbocycles. The van der Waals surface area contributed by atoms with Crippen molar-refractivity contribution in [3.8, 4) is 0 Å². The molecule has 0 bridgehead atoms. The first-order chi connectivity index (χ1) is 13.2. The molecule has 0 spiro atoms. The van der Waals surface area contributed by atoms with Gasteiger partial charge in [-0.2, -0.15) is 0 Å². The summed E-state index contributed by atoms with van der Waals surface area (Å²) < 4.78 is 11.3. The number of hydrogen-bond donors (Lipinski definition) is 5. The summed E-state index contributed by atoms with van der Waals surface area (Å²) in [4.78, 5) is 12.9. The molecule has 7 atom stereocenters. The lowest BCUT2D eigenvalue weighted by atomic mass is 9.92. The van der Waals surface area contributed by atoms with E-state index in [0.717, 1.165) is 16.7 Å². The predicted octanol–water partition coefficient (Wildman–Crippen LogP) is -0.472. The molecule has 1 aromatic rings. The SMILES string of the molecule is Cc1cc2c(c(C)c1CCO)C(=O)[C@@H](C)[C@H]2O[C@@H]1O[C@H](CO)[C@@H](O)[C@H](O)[C@H]1O. The number of ether oxygens (including phenoxy) is 2. The third-order valence-electron chi connectivity index (χ3n) is 5.88. The fourth-order valence-corrected chi connectivity index (χ4v) is 4.25. The van der Waals surface area contributed by atoms with Crippen molar-refractivity contribution in [2.75, 3.05) is 13.2 Å². The molecule has 3 rings (SSSR count). The van der Waals surface area contributed by atoms with Gasteiger partial charge in [-0.15, -0.1) is 0 Å². The summed E-state index contributed by atoms with van der Waals surface area (Å²) in [5.74, 6) is -0.633. The van der Waals surface area contributed by atoms with Crippen LogP contribution in [0.4, 0.5) is 0 Å². The molecule has 2 aliphatic rings. The van der Waals surface area contributed by atoms with Crippen LogP contribution in [0.2, 0.25) is 0 Å². The van der Waals surface area contributed by atoms with Crippen LogP contribution in [0.1, 0.15) is 45.6 Å². The van der Waals surface area contributed by atoms with E-state index in [0.29, 0.717) is 17.5 Å². The zero-order chi connectivity index (χ0) is 20.7. The Bertz CT molecular complexity index is 746. The molecule has 28 heavy (non-hydrogen) atoms. The summed E-state index contributed by atoms with van der Waals surface area (Å²) in [6.45, 7) is 4.89. The molecule has 8 heteroatoms. The quantitative estimate of drug-likeness (QED) is 0.451. The van der Waals surface area contributed by atoms with E-state index in [1.54, 1.807) is 6.92 Å². The highest BCUT2D eigenvalue weighted by molar-refractivity contribution is 6.04. The Labute approximate surface area is 163 Å². The molecule has 0 radical (unpaired) electrons. The summed E-state index contributed by atoms with van der Waals surface area (Å²) in [7, 11) is 0. The van der Waals surface area contributed by atoms with Crippen molar-refractivity contribution in [3.05, 3.63) is 33.9 Å². The molecule has 1 aliphatic heterocycles. The molecule has 0 aromatic heterocycles. The van der Waals surface area contributed by atoms with E-state index in [4.69, 9.17) is 9.47 Å².